The molecular formula is C13H21N5. The third-order valence-electron chi connectivity index (χ3n) is 2.72. The summed E-state index contributed by atoms with van der Waals surface area (Å²) in [5.74, 6) is 2.11. The van der Waals surface area contributed by atoms with Crippen molar-refractivity contribution >= 4 is 17.5 Å². The summed E-state index contributed by atoms with van der Waals surface area (Å²) in [5.41, 5.74) is 1.24. The minimum absolute atomic E-state index is 0.312. The summed E-state index contributed by atoms with van der Waals surface area (Å²) in [7, 11) is 0. The standard InChI is InChI=1S/C13H21N5/c1-4-14-12-16-11(10-7-5-6-8-10)17-13(18-12)15-9(2)3/h7,9H,4-6,8H2,1-3H3,(H2,14,15,16,17,18). The second-order valence-electron chi connectivity index (χ2n) is 4.76. The smallest absolute Gasteiger partial charge is 0.228 e. The highest BCUT2D eigenvalue weighted by Crippen LogP contribution is 2.26. The van der Waals surface area contributed by atoms with Gasteiger partial charge in [-0.25, -0.2) is 0 Å². The molecule has 5 nitrogen and oxygen atoms in total. The van der Waals surface area contributed by atoms with Gasteiger partial charge in [-0.2, -0.15) is 15.0 Å². The summed E-state index contributed by atoms with van der Waals surface area (Å²) in [4.78, 5) is 13.3. The van der Waals surface area contributed by atoms with Crippen molar-refractivity contribution in [1.29, 1.82) is 0 Å². The van der Waals surface area contributed by atoms with Gasteiger partial charge in [-0.05, 0) is 45.6 Å². The molecule has 0 amide bonds. The minimum atomic E-state index is 0.312. The van der Waals surface area contributed by atoms with Crippen LogP contribution in [0.1, 0.15) is 45.9 Å². The van der Waals surface area contributed by atoms with E-state index in [-0.39, 0.29) is 0 Å². The van der Waals surface area contributed by atoms with Crippen LogP contribution in [0.3, 0.4) is 0 Å². The molecule has 1 heterocycles. The molecule has 1 aliphatic rings. The quantitative estimate of drug-likeness (QED) is 0.837. The Morgan fingerprint density at radius 2 is 2.00 bits per heavy atom. The lowest BCUT2D eigenvalue weighted by Crippen LogP contribution is -2.15. The summed E-state index contributed by atoms with van der Waals surface area (Å²) in [6.45, 7) is 6.99. The van der Waals surface area contributed by atoms with Crippen LogP contribution < -0.4 is 10.6 Å². The van der Waals surface area contributed by atoms with Crippen LogP contribution in [-0.4, -0.2) is 27.5 Å². The van der Waals surface area contributed by atoms with Gasteiger partial charge in [0.25, 0.3) is 0 Å². The van der Waals surface area contributed by atoms with E-state index < -0.39 is 0 Å². The summed E-state index contributed by atoms with van der Waals surface area (Å²) in [6, 6.07) is 0.312. The molecule has 2 N–H and O–H groups in total. The molecule has 18 heavy (non-hydrogen) atoms. The zero-order valence-electron chi connectivity index (χ0n) is 11.3. The van der Waals surface area contributed by atoms with Gasteiger partial charge < -0.3 is 10.6 Å². The fourth-order valence-electron chi connectivity index (χ4n) is 1.95. The van der Waals surface area contributed by atoms with Gasteiger partial charge in [0.2, 0.25) is 11.9 Å². The molecule has 0 spiro atoms. The summed E-state index contributed by atoms with van der Waals surface area (Å²) >= 11 is 0. The van der Waals surface area contributed by atoms with Crippen molar-refractivity contribution in [3.05, 3.63) is 11.9 Å². The van der Waals surface area contributed by atoms with E-state index in [1.165, 1.54) is 12.0 Å². The second-order valence-corrected chi connectivity index (χ2v) is 4.76. The van der Waals surface area contributed by atoms with E-state index in [0.29, 0.717) is 17.9 Å². The van der Waals surface area contributed by atoms with Gasteiger partial charge in [-0.15, -0.1) is 0 Å². The first-order valence-electron chi connectivity index (χ1n) is 6.65. The Bertz CT molecular complexity index is 439. The Morgan fingerprint density at radius 3 is 2.61 bits per heavy atom. The Balaban J connectivity index is 2.29. The molecule has 0 unspecified atom stereocenters. The van der Waals surface area contributed by atoms with E-state index >= 15 is 0 Å². The fourth-order valence-corrected chi connectivity index (χ4v) is 1.95. The average Bonchev–Trinajstić information content (AvgIpc) is 2.81. The maximum atomic E-state index is 4.50. The number of allylic oxidation sites excluding steroid dienone is 2. The summed E-state index contributed by atoms with van der Waals surface area (Å²) < 4.78 is 0. The molecule has 2 rings (SSSR count). The highest BCUT2D eigenvalue weighted by atomic mass is 15.2. The lowest BCUT2D eigenvalue weighted by molar-refractivity contribution is 0.859. The lowest BCUT2D eigenvalue weighted by Gasteiger charge is -2.11. The molecule has 0 radical (unpaired) electrons. The second kappa shape index (κ2) is 5.80. The van der Waals surface area contributed by atoms with Crippen molar-refractivity contribution in [2.75, 3.05) is 17.2 Å². The Kier molecular flexibility index (Phi) is 4.12. The normalized spacial score (nSPS) is 14.8. The van der Waals surface area contributed by atoms with Gasteiger partial charge in [0, 0.05) is 12.6 Å². The van der Waals surface area contributed by atoms with E-state index in [1.54, 1.807) is 0 Å². The molecule has 0 aliphatic heterocycles. The maximum Gasteiger partial charge on any atom is 0.228 e. The van der Waals surface area contributed by atoms with Crippen molar-refractivity contribution in [2.45, 2.75) is 46.1 Å². The van der Waals surface area contributed by atoms with E-state index in [0.717, 1.165) is 25.2 Å². The number of aromatic nitrogens is 3. The molecule has 5 heteroatoms. The zero-order valence-corrected chi connectivity index (χ0v) is 11.3. The number of rotatable bonds is 5. The minimum Gasteiger partial charge on any atom is -0.354 e. The monoisotopic (exact) mass is 247 g/mol. The van der Waals surface area contributed by atoms with Crippen LogP contribution in [0, 0.1) is 0 Å². The topological polar surface area (TPSA) is 62.7 Å². The Morgan fingerprint density at radius 1 is 1.22 bits per heavy atom. The third kappa shape index (κ3) is 3.18. The zero-order chi connectivity index (χ0) is 13.0. The van der Waals surface area contributed by atoms with Gasteiger partial charge in [0.15, 0.2) is 5.82 Å². The van der Waals surface area contributed by atoms with Gasteiger partial charge in [-0.3, -0.25) is 0 Å². The maximum absolute atomic E-state index is 4.50. The molecule has 0 atom stereocenters. The van der Waals surface area contributed by atoms with Crippen LogP contribution in [0.2, 0.25) is 0 Å². The molecule has 1 aromatic rings. The van der Waals surface area contributed by atoms with Gasteiger partial charge in [-0.1, -0.05) is 6.08 Å². The first-order valence-corrected chi connectivity index (χ1v) is 6.65. The molecule has 0 saturated heterocycles. The van der Waals surface area contributed by atoms with Crippen molar-refractivity contribution < 1.29 is 0 Å². The largest absolute Gasteiger partial charge is 0.354 e. The number of hydrogen-bond donors (Lipinski definition) is 2. The predicted molar refractivity (Wildman–Crippen MR) is 74.6 cm³/mol. The number of nitrogens with zero attached hydrogens (tertiary/aromatic N) is 3. The molecule has 98 valence electrons. The Labute approximate surface area is 108 Å². The van der Waals surface area contributed by atoms with Gasteiger partial charge in [0.1, 0.15) is 0 Å². The molecule has 0 fully saturated rings. The van der Waals surface area contributed by atoms with Gasteiger partial charge >= 0.3 is 0 Å². The molecule has 1 aliphatic carbocycles. The van der Waals surface area contributed by atoms with Crippen molar-refractivity contribution in [3.8, 4) is 0 Å². The molecular weight excluding hydrogens is 226 g/mol. The molecule has 0 aromatic carbocycles. The van der Waals surface area contributed by atoms with Crippen LogP contribution in [0.15, 0.2) is 6.08 Å². The molecule has 0 saturated carbocycles. The van der Waals surface area contributed by atoms with E-state index in [2.05, 4.69) is 45.5 Å². The highest BCUT2D eigenvalue weighted by molar-refractivity contribution is 5.63. The first kappa shape index (κ1) is 12.8. The van der Waals surface area contributed by atoms with Crippen molar-refractivity contribution in [3.63, 3.8) is 0 Å². The van der Waals surface area contributed by atoms with E-state index in [1.807, 2.05) is 6.92 Å². The van der Waals surface area contributed by atoms with Crippen LogP contribution in [0.5, 0.6) is 0 Å². The predicted octanol–water partition coefficient (Wildman–Crippen LogP) is 2.69. The molecule has 1 aromatic heterocycles. The average molecular weight is 247 g/mol. The number of nitrogens with one attached hydrogen (secondary N) is 2. The van der Waals surface area contributed by atoms with Crippen LogP contribution >= 0.6 is 0 Å². The van der Waals surface area contributed by atoms with Crippen molar-refractivity contribution in [2.24, 2.45) is 0 Å². The molecule has 0 bridgehead atoms. The third-order valence-corrected chi connectivity index (χ3v) is 2.72. The first-order chi connectivity index (χ1) is 8.69. The van der Waals surface area contributed by atoms with Crippen LogP contribution in [0.4, 0.5) is 11.9 Å². The Hall–Kier alpha value is -1.65. The SMILES string of the molecule is CCNc1nc(NC(C)C)nc(C2=CCCC2)n1. The van der Waals surface area contributed by atoms with Gasteiger partial charge in [0.05, 0.1) is 0 Å². The van der Waals surface area contributed by atoms with E-state index in [9.17, 15) is 0 Å². The lowest BCUT2D eigenvalue weighted by atomic mass is 10.2. The van der Waals surface area contributed by atoms with Crippen LogP contribution in [0.25, 0.3) is 5.57 Å². The van der Waals surface area contributed by atoms with Crippen molar-refractivity contribution in [1.82, 2.24) is 15.0 Å². The fraction of sp³-hybridized carbons (Fsp3) is 0.615. The number of hydrogen-bond acceptors (Lipinski definition) is 5. The highest BCUT2D eigenvalue weighted by Gasteiger charge is 2.13. The van der Waals surface area contributed by atoms with Crippen LogP contribution in [-0.2, 0) is 0 Å². The van der Waals surface area contributed by atoms with E-state index in [4.69, 9.17) is 0 Å². The summed E-state index contributed by atoms with van der Waals surface area (Å²) in [5, 5.41) is 6.39. The summed E-state index contributed by atoms with van der Waals surface area (Å²) in [6.07, 6.45) is 5.62. The number of anilines is 2.